The third-order valence-corrected chi connectivity index (χ3v) is 9.66. The molecule has 176 valence electrons. The molecule has 12 heteroatoms. The van der Waals surface area contributed by atoms with E-state index in [0.717, 1.165) is 0 Å². The lowest BCUT2D eigenvalue weighted by atomic mass is 10.2. The van der Waals surface area contributed by atoms with E-state index in [2.05, 4.69) is 10.2 Å². The highest BCUT2D eigenvalue weighted by Gasteiger charge is 2.37. The number of rotatable bonds is 7. The molecule has 2 heterocycles. The molecule has 0 spiro atoms. The Morgan fingerprint density at radius 2 is 1.58 bits per heavy atom. The molecule has 3 aromatic rings. The largest absolute Gasteiger partial charge is 0.493 e. The van der Waals surface area contributed by atoms with Gasteiger partial charge in [0, 0.05) is 20.1 Å². The molecule has 0 atom stereocenters. The van der Waals surface area contributed by atoms with E-state index < -0.39 is 25.1 Å². The fourth-order valence-corrected chi connectivity index (χ4v) is 6.93. The predicted octanol–water partition coefficient (Wildman–Crippen LogP) is 2.24. The first-order valence-corrected chi connectivity index (χ1v) is 13.2. The minimum absolute atomic E-state index is 0.101. The van der Waals surface area contributed by atoms with E-state index in [1.165, 1.54) is 27.3 Å². The number of sulfone groups is 1. The highest BCUT2D eigenvalue weighted by atomic mass is 32.2. The second-order valence-electron chi connectivity index (χ2n) is 7.60. The zero-order chi connectivity index (χ0) is 23.6. The highest BCUT2D eigenvalue weighted by Crippen LogP contribution is 2.32. The molecule has 1 aliphatic rings. The van der Waals surface area contributed by atoms with Crippen molar-refractivity contribution < 1.29 is 26.3 Å². The van der Waals surface area contributed by atoms with Crippen molar-refractivity contribution in [2.24, 2.45) is 7.05 Å². The van der Waals surface area contributed by atoms with Crippen LogP contribution >= 0.6 is 0 Å². The van der Waals surface area contributed by atoms with Crippen LogP contribution in [0.4, 0.5) is 0 Å². The summed E-state index contributed by atoms with van der Waals surface area (Å²) in [6, 6.07) is 13.2. The summed E-state index contributed by atoms with van der Waals surface area (Å²) in [6.45, 7) is 0.201. The van der Waals surface area contributed by atoms with Gasteiger partial charge < -0.3 is 14.0 Å². The summed E-state index contributed by atoms with van der Waals surface area (Å²) in [7, 11) is -4.35. The van der Waals surface area contributed by atoms with Crippen molar-refractivity contribution in [1.82, 2.24) is 19.1 Å². The van der Waals surface area contributed by atoms with Crippen LogP contribution in [0.3, 0.4) is 0 Å². The van der Waals surface area contributed by atoms with Gasteiger partial charge >= 0.3 is 0 Å². The SMILES string of the molecule is COc1ccccc1Oc1ccc(S(=O)(=O)N2CCC(S(=O)(=O)c3nncn3C)CC2)cc1. The van der Waals surface area contributed by atoms with E-state index in [4.69, 9.17) is 9.47 Å². The third-order valence-electron chi connectivity index (χ3n) is 5.52. The molecule has 1 aromatic heterocycles. The topological polar surface area (TPSA) is 121 Å². The normalized spacial score (nSPS) is 15.9. The number of nitrogens with zero attached hydrogens (tertiary/aromatic N) is 4. The zero-order valence-electron chi connectivity index (χ0n) is 18.2. The number of aromatic nitrogens is 3. The Kier molecular flexibility index (Phi) is 6.41. The molecular weight excluding hydrogens is 468 g/mol. The number of sulfonamides is 1. The summed E-state index contributed by atoms with van der Waals surface area (Å²) in [5.74, 6) is 1.54. The molecule has 10 nitrogen and oxygen atoms in total. The number of methoxy groups -OCH3 is 1. The first-order chi connectivity index (χ1) is 15.7. The predicted molar refractivity (Wildman–Crippen MR) is 119 cm³/mol. The lowest BCUT2D eigenvalue weighted by Crippen LogP contribution is -2.42. The minimum Gasteiger partial charge on any atom is -0.493 e. The number of hydrogen-bond acceptors (Lipinski definition) is 8. The maximum absolute atomic E-state index is 13.1. The van der Waals surface area contributed by atoms with Gasteiger partial charge in [0.2, 0.25) is 25.0 Å². The summed E-state index contributed by atoms with van der Waals surface area (Å²) in [6.07, 6.45) is 1.70. The quantitative estimate of drug-likeness (QED) is 0.492. The van der Waals surface area contributed by atoms with Crippen LogP contribution in [0.15, 0.2) is 64.9 Å². The first-order valence-electron chi connectivity index (χ1n) is 10.2. The van der Waals surface area contributed by atoms with Gasteiger partial charge in [-0.3, -0.25) is 0 Å². The van der Waals surface area contributed by atoms with Crippen molar-refractivity contribution in [3.63, 3.8) is 0 Å². The molecule has 2 aromatic carbocycles. The van der Waals surface area contributed by atoms with E-state index in [1.807, 2.05) is 12.1 Å². The van der Waals surface area contributed by atoms with Crippen molar-refractivity contribution in [3.05, 3.63) is 54.9 Å². The van der Waals surface area contributed by atoms with Crippen LogP contribution in [-0.2, 0) is 26.9 Å². The summed E-state index contributed by atoms with van der Waals surface area (Å²) >= 11 is 0. The van der Waals surface area contributed by atoms with Crippen LogP contribution < -0.4 is 9.47 Å². The van der Waals surface area contributed by atoms with Crippen molar-refractivity contribution >= 4 is 19.9 Å². The lowest BCUT2D eigenvalue weighted by molar-refractivity contribution is 0.344. The smallest absolute Gasteiger partial charge is 0.249 e. The summed E-state index contributed by atoms with van der Waals surface area (Å²) in [4.78, 5) is 0.115. The number of piperidine rings is 1. The number of benzene rings is 2. The summed E-state index contributed by atoms with van der Waals surface area (Å²) in [5.41, 5.74) is 0. The molecule has 33 heavy (non-hydrogen) atoms. The molecule has 0 N–H and O–H groups in total. The second-order valence-corrected chi connectivity index (χ2v) is 11.7. The van der Waals surface area contributed by atoms with Gasteiger partial charge in [0.15, 0.2) is 11.5 Å². The van der Waals surface area contributed by atoms with Crippen LogP contribution in [0.2, 0.25) is 0 Å². The van der Waals surface area contributed by atoms with Crippen LogP contribution in [0.5, 0.6) is 17.2 Å². The fourth-order valence-electron chi connectivity index (χ4n) is 3.72. The van der Waals surface area contributed by atoms with Gasteiger partial charge in [-0.15, -0.1) is 10.2 Å². The van der Waals surface area contributed by atoms with Crippen molar-refractivity contribution in [2.75, 3.05) is 20.2 Å². The van der Waals surface area contributed by atoms with E-state index in [9.17, 15) is 16.8 Å². The van der Waals surface area contributed by atoms with Gasteiger partial charge in [0.1, 0.15) is 12.1 Å². The van der Waals surface area contributed by atoms with Crippen molar-refractivity contribution in [1.29, 1.82) is 0 Å². The fraction of sp³-hybridized carbons (Fsp3) is 0.333. The molecular formula is C21H24N4O6S2. The van der Waals surface area contributed by atoms with Gasteiger partial charge in [-0.2, -0.15) is 4.31 Å². The van der Waals surface area contributed by atoms with E-state index in [-0.39, 0.29) is 36.0 Å². The molecule has 0 aliphatic carbocycles. The standard InChI is InChI=1S/C21H24N4O6S2/c1-24-15-22-23-21(24)32(26,27)17-11-13-25(14-12-17)33(28,29)18-9-7-16(8-10-18)31-20-6-4-3-5-19(20)30-2/h3-10,15,17H,11-14H2,1-2H3. The van der Waals surface area contributed by atoms with Crippen LogP contribution in [0.25, 0.3) is 0 Å². The van der Waals surface area contributed by atoms with Gasteiger partial charge in [-0.1, -0.05) is 12.1 Å². The Hall–Kier alpha value is -2.96. The maximum atomic E-state index is 13.1. The average Bonchev–Trinajstić information content (AvgIpc) is 3.26. The van der Waals surface area contributed by atoms with Gasteiger partial charge in [-0.05, 0) is 49.2 Å². The second kappa shape index (κ2) is 9.12. The highest BCUT2D eigenvalue weighted by molar-refractivity contribution is 7.92. The van der Waals surface area contributed by atoms with Gasteiger partial charge in [0.25, 0.3) is 0 Å². The Bertz CT molecular complexity index is 1330. The Labute approximate surface area is 192 Å². The molecule has 1 aliphatic heterocycles. The molecule has 0 saturated carbocycles. The Balaban J connectivity index is 1.44. The first kappa shape index (κ1) is 23.2. The summed E-state index contributed by atoms with van der Waals surface area (Å²) < 4.78 is 65.5. The van der Waals surface area contributed by atoms with Crippen LogP contribution in [-0.4, -0.2) is 61.4 Å². The summed E-state index contributed by atoms with van der Waals surface area (Å²) in [5, 5.41) is 6.52. The molecule has 0 bridgehead atoms. The number of ether oxygens (including phenoxy) is 2. The number of para-hydroxylation sites is 2. The van der Waals surface area contributed by atoms with Crippen molar-refractivity contribution in [2.45, 2.75) is 28.1 Å². The Morgan fingerprint density at radius 1 is 0.939 bits per heavy atom. The van der Waals surface area contributed by atoms with Gasteiger partial charge in [0.05, 0.1) is 17.3 Å². The van der Waals surface area contributed by atoms with E-state index >= 15 is 0 Å². The maximum Gasteiger partial charge on any atom is 0.249 e. The van der Waals surface area contributed by atoms with Gasteiger partial charge in [-0.25, -0.2) is 16.8 Å². The average molecular weight is 493 g/mol. The molecule has 0 radical (unpaired) electrons. The van der Waals surface area contributed by atoms with E-state index in [1.54, 1.807) is 38.4 Å². The van der Waals surface area contributed by atoms with Crippen LogP contribution in [0.1, 0.15) is 12.8 Å². The zero-order valence-corrected chi connectivity index (χ0v) is 19.8. The minimum atomic E-state index is -3.77. The van der Waals surface area contributed by atoms with Crippen LogP contribution in [0, 0.1) is 0 Å². The lowest BCUT2D eigenvalue weighted by Gasteiger charge is -2.30. The molecule has 0 unspecified atom stereocenters. The molecule has 1 fully saturated rings. The Morgan fingerprint density at radius 3 is 2.15 bits per heavy atom. The number of aryl methyl sites for hydroxylation is 1. The van der Waals surface area contributed by atoms with E-state index in [0.29, 0.717) is 17.2 Å². The molecule has 0 amide bonds. The van der Waals surface area contributed by atoms with Crippen molar-refractivity contribution in [3.8, 4) is 17.2 Å². The number of hydrogen-bond donors (Lipinski definition) is 0. The molecule has 4 rings (SSSR count). The molecule has 1 saturated heterocycles. The monoisotopic (exact) mass is 492 g/mol. The third kappa shape index (κ3) is 4.59.